The predicted octanol–water partition coefficient (Wildman–Crippen LogP) is 4.42. The van der Waals surface area contributed by atoms with Gasteiger partial charge in [-0.2, -0.15) is 13.2 Å². The van der Waals surface area contributed by atoms with Gasteiger partial charge in [0.25, 0.3) is 5.91 Å². The molecule has 0 atom stereocenters. The molecule has 0 unspecified atom stereocenters. The van der Waals surface area contributed by atoms with Crippen molar-refractivity contribution in [1.82, 2.24) is 15.2 Å². The molecular weight excluding hydrogens is 459 g/mol. The van der Waals surface area contributed by atoms with E-state index in [-0.39, 0.29) is 35.8 Å². The van der Waals surface area contributed by atoms with Crippen LogP contribution in [0, 0.1) is 0 Å². The molecule has 0 radical (unpaired) electrons. The van der Waals surface area contributed by atoms with E-state index in [1.807, 2.05) is 18.2 Å². The quantitative estimate of drug-likeness (QED) is 0.560. The summed E-state index contributed by atoms with van der Waals surface area (Å²) in [5, 5.41) is 6.15. The first kappa shape index (κ1) is 24.3. The number of hydrogen-bond donors (Lipinski definition) is 2. The highest BCUT2D eigenvalue weighted by Crippen LogP contribution is 2.41. The van der Waals surface area contributed by atoms with Crippen LogP contribution in [0.5, 0.6) is 0 Å². The third-order valence-corrected chi connectivity index (χ3v) is 6.08. The minimum Gasteiger partial charge on any atom is -0.367 e. The lowest BCUT2D eigenvalue weighted by atomic mass is 10.0. The predicted molar refractivity (Wildman–Crippen MR) is 129 cm³/mol. The zero-order valence-electron chi connectivity index (χ0n) is 19.4. The van der Waals surface area contributed by atoms with Gasteiger partial charge < -0.3 is 20.4 Å². The lowest BCUT2D eigenvalue weighted by molar-refractivity contribution is -0.137. The van der Waals surface area contributed by atoms with Crippen molar-refractivity contribution in [3.63, 3.8) is 0 Å². The number of piperazine rings is 1. The second kappa shape index (κ2) is 9.81. The summed E-state index contributed by atoms with van der Waals surface area (Å²) < 4.78 is 42.3. The number of fused-ring (bicyclic) bond motifs is 1. The second-order valence-electron chi connectivity index (χ2n) is 8.22. The smallest absolute Gasteiger partial charge is 0.367 e. The van der Waals surface area contributed by atoms with Gasteiger partial charge in [0.05, 0.1) is 22.3 Å². The number of amides is 2. The first-order valence-corrected chi connectivity index (χ1v) is 11.3. The number of para-hydroxylation sites is 1. The van der Waals surface area contributed by atoms with Crippen molar-refractivity contribution in [2.24, 2.45) is 0 Å². The summed E-state index contributed by atoms with van der Waals surface area (Å²) in [5.41, 5.74) is 0.584. The summed E-state index contributed by atoms with van der Waals surface area (Å²) in [6, 6.07) is 11.5. The van der Waals surface area contributed by atoms with E-state index in [1.54, 1.807) is 28.9 Å². The topological polar surface area (TPSA) is 77.6 Å². The Morgan fingerprint density at radius 1 is 1.06 bits per heavy atom. The fraction of sp³-hybridized carbons (Fsp3) is 0.320. The molecule has 2 heterocycles. The Kier molecular flexibility index (Phi) is 6.81. The molecule has 0 aliphatic carbocycles. The monoisotopic (exact) mass is 485 g/mol. The molecule has 4 rings (SSSR count). The fourth-order valence-corrected chi connectivity index (χ4v) is 4.24. The number of carbonyl (C=O) groups is 2. The van der Waals surface area contributed by atoms with Crippen LogP contribution in [0.4, 0.5) is 30.2 Å². The van der Waals surface area contributed by atoms with Crippen molar-refractivity contribution in [1.29, 1.82) is 0 Å². The van der Waals surface area contributed by atoms with Crippen molar-refractivity contribution in [2.45, 2.75) is 19.5 Å². The standard InChI is InChI=1S/C25H26F3N5O2/c1-3-22(34)33-11-9-32(10-12-33)21-13-17-20(14-19(21)25(26,27)28)30-15-18(24(35)29-2)23(17)31-16-7-5-4-6-8-16/h4-8,13-15H,3,9-12H2,1-2H3,(H,29,35)(H,30,31). The number of nitrogens with one attached hydrogen (secondary N) is 2. The molecule has 35 heavy (non-hydrogen) atoms. The number of pyridine rings is 1. The van der Waals surface area contributed by atoms with E-state index < -0.39 is 17.6 Å². The third-order valence-electron chi connectivity index (χ3n) is 6.08. The zero-order valence-corrected chi connectivity index (χ0v) is 19.4. The van der Waals surface area contributed by atoms with Crippen molar-refractivity contribution < 1.29 is 22.8 Å². The van der Waals surface area contributed by atoms with E-state index in [0.29, 0.717) is 36.3 Å². The molecule has 1 aromatic heterocycles. The number of rotatable bonds is 5. The minimum absolute atomic E-state index is 0.000524. The first-order valence-electron chi connectivity index (χ1n) is 11.3. The number of alkyl halides is 3. The SMILES string of the molecule is CCC(=O)N1CCN(c2cc3c(Nc4ccccc4)c(C(=O)NC)cnc3cc2C(F)(F)F)CC1. The van der Waals surface area contributed by atoms with Crippen LogP contribution in [0.2, 0.25) is 0 Å². The molecule has 1 aliphatic rings. The Balaban J connectivity index is 1.86. The highest BCUT2D eigenvalue weighted by atomic mass is 19.4. The molecular formula is C25H26F3N5O2. The van der Waals surface area contributed by atoms with Crippen LogP contribution in [0.1, 0.15) is 29.3 Å². The van der Waals surface area contributed by atoms with Crippen molar-refractivity contribution >= 4 is 39.8 Å². The molecule has 2 aromatic carbocycles. The highest BCUT2D eigenvalue weighted by molar-refractivity contribution is 6.08. The fourth-order valence-electron chi connectivity index (χ4n) is 4.24. The van der Waals surface area contributed by atoms with Gasteiger partial charge in [-0.25, -0.2) is 0 Å². The van der Waals surface area contributed by atoms with Gasteiger partial charge in [-0.05, 0) is 24.3 Å². The van der Waals surface area contributed by atoms with E-state index in [4.69, 9.17) is 0 Å². The van der Waals surface area contributed by atoms with Crippen LogP contribution >= 0.6 is 0 Å². The molecule has 1 aliphatic heterocycles. The first-order chi connectivity index (χ1) is 16.7. The summed E-state index contributed by atoms with van der Waals surface area (Å²) in [7, 11) is 1.48. The number of nitrogens with zero attached hydrogens (tertiary/aromatic N) is 3. The van der Waals surface area contributed by atoms with Gasteiger partial charge in [0.2, 0.25) is 5.91 Å². The molecule has 2 amide bonds. The third kappa shape index (κ3) is 5.01. The number of carbonyl (C=O) groups excluding carboxylic acids is 2. The molecule has 10 heteroatoms. The number of aromatic nitrogens is 1. The van der Waals surface area contributed by atoms with Crippen LogP contribution in [-0.4, -0.2) is 54.9 Å². The Morgan fingerprint density at radius 2 is 1.74 bits per heavy atom. The van der Waals surface area contributed by atoms with Gasteiger partial charge in [-0.1, -0.05) is 25.1 Å². The summed E-state index contributed by atoms with van der Waals surface area (Å²) in [6.07, 6.45) is -2.97. The van der Waals surface area contributed by atoms with Gasteiger partial charge in [-0.3, -0.25) is 14.6 Å². The largest absolute Gasteiger partial charge is 0.418 e. The van der Waals surface area contributed by atoms with Crippen LogP contribution in [0.3, 0.4) is 0 Å². The lowest BCUT2D eigenvalue weighted by Crippen LogP contribution is -2.49. The van der Waals surface area contributed by atoms with E-state index in [1.165, 1.54) is 19.3 Å². The summed E-state index contributed by atoms with van der Waals surface area (Å²) in [5.74, 6) is -0.432. The van der Waals surface area contributed by atoms with Crippen molar-refractivity contribution in [3.05, 3.63) is 59.8 Å². The van der Waals surface area contributed by atoms with Gasteiger partial charge >= 0.3 is 6.18 Å². The second-order valence-corrected chi connectivity index (χ2v) is 8.22. The van der Waals surface area contributed by atoms with Gasteiger partial charge in [0, 0.05) is 62.6 Å². The molecule has 184 valence electrons. The van der Waals surface area contributed by atoms with E-state index in [9.17, 15) is 22.8 Å². The molecule has 2 N–H and O–H groups in total. The molecule has 1 saturated heterocycles. The molecule has 0 spiro atoms. The Morgan fingerprint density at radius 3 is 2.34 bits per heavy atom. The van der Waals surface area contributed by atoms with Gasteiger partial charge in [0.1, 0.15) is 0 Å². The number of benzene rings is 2. The average Bonchev–Trinajstić information content (AvgIpc) is 2.87. The zero-order chi connectivity index (χ0) is 25.2. The van der Waals surface area contributed by atoms with Gasteiger partial charge in [-0.15, -0.1) is 0 Å². The lowest BCUT2D eigenvalue weighted by Gasteiger charge is -2.37. The Hall–Kier alpha value is -3.82. The summed E-state index contributed by atoms with van der Waals surface area (Å²) in [4.78, 5) is 32.1. The van der Waals surface area contributed by atoms with E-state index >= 15 is 0 Å². The minimum atomic E-state index is -4.60. The van der Waals surface area contributed by atoms with Crippen molar-refractivity contribution in [2.75, 3.05) is 43.4 Å². The maximum atomic E-state index is 14.1. The van der Waals surface area contributed by atoms with E-state index in [2.05, 4.69) is 15.6 Å². The number of hydrogen-bond acceptors (Lipinski definition) is 5. The summed E-state index contributed by atoms with van der Waals surface area (Å²) in [6.45, 7) is 2.98. The molecule has 1 fully saturated rings. The Bertz CT molecular complexity index is 1240. The highest BCUT2D eigenvalue weighted by Gasteiger charge is 2.37. The number of anilines is 3. The van der Waals surface area contributed by atoms with Crippen LogP contribution in [0.25, 0.3) is 10.9 Å². The van der Waals surface area contributed by atoms with Gasteiger partial charge in [0.15, 0.2) is 0 Å². The maximum absolute atomic E-state index is 14.1. The average molecular weight is 486 g/mol. The Labute approximate surface area is 200 Å². The van der Waals surface area contributed by atoms with Crippen molar-refractivity contribution in [3.8, 4) is 0 Å². The van der Waals surface area contributed by atoms with Crippen LogP contribution in [-0.2, 0) is 11.0 Å². The maximum Gasteiger partial charge on any atom is 0.418 e. The normalized spacial score (nSPS) is 14.2. The summed E-state index contributed by atoms with van der Waals surface area (Å²) >= 11 is 0. The van der Waals surface area contributed by atoms with Crippen LogP contribution < -0.4 is 15.5 Å². The number of halogens is 3. The molecule has 3 aromatic rings. The molecule has 0 bridgehead atoms. The van der Waals surface area contributed by atoms with Crippen LogP contribution in [0.15, 0.2) is 48.7 Å². The van der Waals surface area contributed by atoms with E-state index in [0.717, 1.165) is 6.07 Å². The molecule has 0 saturated carbocycles. The molecule has 7 nitrogen and oxygen atoms in total.